The number of carboxylic acids is 1. The number of imide groups is 1. The number of halogens is 4. The van der Waals surface area contributed by atoms with Gasteiger partial charge in [-0.15, -0.1) is 0 Å². The minimum absolute atomic E-state index is 0.0569. The highest BCUT2D eigenvalue weighted by Crippen LogP contribution is 2.45. The van der Waals surface area contributed by atoms with Crippen LogP contribution in [0.2, 0.25) is 20.1 Å². The molecule has 1 aliphatic rings. The first-order chi connectivity index (χ1) is 10.6. The van der Waals surface area contributed by atoms with E-state index in [9.17, 15) is 19.5 Å². The van der Waals surface area contributed by atoms with Crippen LogP contribution in [0.4, 0.5) is 0 Å². The van der Waals surface area contributed by atoms with Crippen LogP contribution in [0.15, 0.2) is 0 Å². The molecule has 1 unspecified atom stereocenters. The van der Waals surface area contributed by atoms with Crippen molar-refractivity contribution in [1.82, 2.24) is 4.90 Å². The highest BCUT2D eigenvalue weighted by molar-refractivity contribution is 6.55. The van der Waals surface area contributed by atoms with Gasteiger partial charge < -0.3 is 5.11 Å². The summed E-state index contributed by atoms with van der Waals surface area (Å²) < 4.78 is 0. The first kappa shape index (κ1) is 18.3. The van der Waals surface area contributed by atoms with E-state index in [1.54, 1.807) is 13.8 Å². The standard InChI is InChI=1S/C14H11Cl4NO4/c1-4(2)3-5(14(22)23)19-12(20)6-7(13(19)21)9(16)11(18)10(17)8(6)15/h4-5H,3H2,1-2H3,(H,22,23). The lowest BCUT2D eigenvalue weighted by molar-refractivity contribution is -0.142. The van der Waals surface area contributed by atoms with Crippen LogP contribution in [-0.2, 0) is 4.79 Å². The number of carbonyl (C=O) groups is 3. The van der Waals surface area contributed by atoms with E-state index < -0.39 is 23.8 Å². The molecule has 2 amide bonds. The number of rotatable bonds is 4. The van der Waals surface area contributed by atoms with Crippen molar-refractivity contribution in [3.05, 3.63) is 31.2 Å². The van der Waals surface area contributed by atoms with Gasteiger partial charge in [-0.3, -0.25) is 14.5 Å². The second-order valence-electron chi connectivity index (χ2n) is 5.47. The zero-order chi connectivity index (χ0) is 17.6. The van der Waals surface area contributed by atoms with Crippen LogP contribution in [0.1, 0.15) is 41.0 Å². The van der Waals surface area contributed by atoms with Gasteiger partial charge in [0.25, 0.3) is 11.8 Å². The molecular weight excluding hydrogens is 388 g/mol. The van der Waals surface area contributed by atoms with E-state index in [1.807, 2.05) is 0 Å². The lowest BCUT2D eigenvalue weighted by Gasteiger charge is -2.23. The summed E-state index contributed by atoms with van der Waals surface area (Å²) >= 11 is 23.8. The summed E-state index contributed by atoms with van der Waals surface area (Å²) in [7, 11) is 0. The quantitative estimate of drug-likeness (QED) is 0.463. The molecule has 0 aliphatic carbocycles. The van der Waals surface area contributed by atoms with Gasteiger partial charge in [0.05, 0.1) is 31.2 Å². The number of hydrogen-bond acceptors (Lipinski definition) is 3. The van der Waals surface area contributed by atoms with Crippen molar-refractivity contribution in [2.45, 2.75) is 26.3 Å². The van der Waals surface area contributed by atoms with Crippen LogP contribution in [0.25, 0.3) is 0 Å². The van der Waals surface area contributed by atoms with E-state index in [2.05, 4.69) is 0 Å². The number of carboxylic acid groups (broad SMARTS) is 1. The van der Waals surface area contributed by atoms with E-state index in [4.69, 9.17) is 46.4 Å². The molecular formula is C14H11Cl4NO4. The van der Waals surface area contributed by atoms with Gasteiger partial charge >= 0.3 is 5.97 Å². The third-order valence-electron chi connectivity index (χ3n) is 3.42. The van der Waals surface area contributed by atoms with Gasteiger partial charge in [-0.2, -0.15) is 0 Å². The molecule has 0 fully saturated rings. The minimum Gasteiger partial charge on any atom is -0.480 e. The molecule has 1 aromatic carbocycles. The van der Waals surface area contributed by atoms with E-state index in [1.165, 1.54) is 0 Å². The van der Waals surface area contributed by atoms with Crippen molar-refractivity contribution in [3.8, 4) is 0 Å². The van der Waals surface area contributed by atoms with Gasteiger partial charge in [0.1, 0.15) is 6.04 Å². The normalized spacial score (nSPS) is 15.3. The minimum atomic E-state index is -1.33. The number of fused-ring (bicyclic) bond motifs is 1. The smallest absolute Gasteiger partial charge is 0.326 e. The zero-order valence-electron chi connectivity index (χ0n) is 12.0. The second-order valence-corrected chi connectivity index (χ2v) is 6.98. The van der Waals surface area contributed by atoms with E-state index in [-0.39, 0.29) is 43.6 Å². The maximum Gasteiger partial charge on any atom is 0.326 e. The summed E-state index contributed by atoms with van der Waals surface area (Å²) in [5, 5.41) is 8.63. The third-order valence-corrected chi connectivity index (χ3v) is 5.23. The largest absolute Gasteiger partial charge is 0.480 e. The molecule has 0 saturated heterocycles. The van der Waals surface area contributed by atoms with Crippen molar-refractivity contribution in [1.29, 1.82) is 0 Å². The summed E-state index contributed by atoms with van der Waals surface area (Å²) in [5.74, 6) is -3.04. The first-order valence-corrected chi connectivity index (χ1v) is 8.07. The van der Waals surface area contributed by atoms with Gasteiger partial charge in [0.15, 0.2) is 0 Å². The molecule has 0 radical (unpaired) electrons. The van der Waals surface area contributed by atoms with Gasteiger partial charge in [0, 0.05) is 0 Å². The number of carbonyl (C=O) groups excluding carboxylic acids is 2. The van der Waals surface area contributed by atoms with Crippen LogP contribution in [0.5, 0.6) is 0 Å². The number of nitrogens with zero attached hydrogens (tertiary/aromatic N) is 1. The monoisotopic (exact) mass is 397 g/mol. The topological polar surface area (TPSA) is 74.7 Å². The molecule has 1 heterocycles. The fourth-order valence-corrected chi connectivity index (χ4v) is 3.43. The van der Waals surface area contributed by atoms with E-state index in [0.717, 1.165) is 0 Å². The third kappa shape index (κ3) is 2.91. The van der Waals surface area contributed by atoms with Gasteiger partial charge in [-0.25, -0.2) is 4.79 Å². The van der Waals surface area contributed by atoms with Crippen LogP contribution in [-0.4, -0.2) is 33.8 Å². The Kier molecular flexibility index (Phi) is 5.16. The Balaban J connectivity index is 2.64. The molecule has 0 saturated carbocycles. The second kappa shape index (κ2) is 6.48. The van der Waals surface area contributed by atoms with Crippen LogP contribution >= 0.6 is 46.4 Å². The number of hydrogen-bond donors (Lipinski definition) is 1. The Morgan fingerprint density at radius 3 is 1.65 bits per heavy atom. The molecule has 9 heteroatoms. The predicted molar refractivity (Wildman–Crippen MR) is 87.9 cm³/mol. The SMILES string of the molecule is CC(C)CC(C(=O)O)N1C(=O)c2c(Cl)c(Cl)c(Cl)c(Cl)c2C1=O. The fraction of sp³-hybridized carbons (Fsp3) is 0.357. The van der Waals surface area contributed by atoms with E-state index >= 15 is 0 Å². The van der Waals surface area contributed by atoms with Crippen LogP contribution in [0, 0.1) is 5.92 Å². The molecule has 0 spiro atoms. The van der Waals surface area contributed by atoms with E-state index in [0.29, 0.717) is 4.90 Å². The summed E-state index contributed by atoms with van der Waals surface area (Å²) in [5.41, 5.74) is -0.433. The maximum absolute atomic E-state index is 12.6. The Bertz CT molecular complexity index is 685. The first-order valence-electron chi connectivity index (χ1n) is 6.56. The number of benzene rings is 1. The van der Waals surface area contributed by atoms with Gasteiger partial charge in [-0.1, -0.05) is 60.3 Å². The number of aliphatic carboxylic acids is 1. The highest BCUT2D eigenvalue weighted by Gasteiger charge is 2.46. The van der Waals surface area contributed by atoms with Crippen molar-refractivity contribution < 1.29 is 19.5 Å². The maximum atomic E-state index is 12.6. The van der Waals surface area contributed by atoms with Gasteiger partial charge in [-0.05, 0) is 12.3 Å². The van der Waals surface area contributed by atoms with Crippen molar-refractivity contribution in [2.24, 2.45) is 5.92 Å². The molecule has 1 atom stereocenters. The van der Waals surface area contributed by atoms with Crippen molar-refractivity contribution in [2.75, 3.05) is 0 Å². The zero-order valence-corrected chi connectivity index (χ0v) is 15.0. The highest BCUT2D eigenvalue weighted by atomic mass is 35.5. The fourth-order valence-electron chi connectivity index (χ4n) is 2.41. The van der Waals surface area contributed by atoms with Crippen LogP contribution < -0.4 is 0 Å². The lowest BCUT2D eigenvalue weighted by Crippen LogP contribution is -2.45. The van der Waals surface area contributed by atoms with Crippen molar-refractivity contribution in [3.63, 3.8) is 0 Å². The lowest BCUT2D eigenvalue weighted by atomic mass is 10.0. The average Bonchev–Trinajstić information content (AvgIpc) is 2.71. The number of amides is 2. The van der Waals surface area contributed by atoms with Crippen molar-refractivity contribution >= 4 is 64.2 Å². The molecule has 5 nitrogen and oxygen atoms in total. The summed E-state index contributed by atoms with van der Waals surface area (Å²) in [6.45, 7) is 3.56. The summed E-state index contributed by atoms with van der Waals surface area (Å²) in [6, 6.07) is -1.33. The van der Waals surface area contributed by atoms with Gasteiger partial charge in [0.2, 0.25) is 0 Å². The Morgan fingerprint density at radius 2 is 1.35 bits per heavy atom. The molecule has 23 heavy (non-hydrogen) atoms. The molecule has 1 aromatic rings. The summed E-state index contributed by atoms with van der Waals surface area (Å²) in [6.07, 6.45) is 0.0947. The molecule has 0 aromatic heterocycles. The Morgan fingerprint density at radius 1 is 0.957 bits per heavy atom. The molecule has 1 aliphatic heterocycles. The molecule has 0 bridgehead atoms. The summed E-state index contributed by atoms with van der Waals surface area (Å²) in [4.78, 5) is 37.3. The molecule has 1 N–H and O–H groups in total. The molecule has 2 rings (SSSR count). The Hall–Kier alpha value is -1.01. The predicted octanol–water partition coefficient (Wildman–Crippen LogP) is 4.40. The average molecular weight is 399 g/mol. The van der Waals surface area contributed by atoms with Crippen LogP contribution in [0.3, 0.4) is 0 Å². The molecule has 124 valence electrons. The Labute approximate surface area is 152 Å².